The van der Waals surface area contributed by atoms with Crippen LogP contribution in [0.4, 0.5) is 10.5 Å². The van der Waals surface area contributed by atoms with Crippen molar-refractivity contribution in [1.29, 1.82) is 0 Å². The minimum Gasteiger partial charge on any atom is -0.508 e. The summed E-state index contributed by atoms with van der Waals surface area (Å²) in [6.45, 7) is 2.60. The van der Waals surface area contributed by atoms with E-state index in [2.05, 4.69) is 6.92 Å². The first-order chi connectivity index (χ1) is 8.99. The van der Waals surface area contributed by atoms with E-state index in [-0.39, 0.29) is 11.8 Å². The summed E-state index contributed by atoms with van der Waals surface area (Å²) < 4.78 is 0. The fourth-order valence-corrected chi connectivity index (χ4v) is 4.10. The van der Waals surface area contributed by atoms with Gasteiger partial charge in [-0.3, -0.25) is 4.90 Å². The third kappa shape index (κ3) is 1.84. The number of urea groups is 1. The molecule has 2 heterocycles. The monoisotopic (exact) mass is 295 g/mol. The lowest BCUT2D eigenvalue weighted by molar-refractivity contribution is 0.232. The number of carbonyl (C=O) groups is 1. The Kier molecular flexibility index (Phi) is 2.83. The van der Waals surface area contributed by atoms with Crippen LogP contribution >= 0.6 is 24.0 Å². The topological polar surface area (TPSA) is 69.8 Å². The third-order valence-corrected chi connectivity index (χ3v) is 5.16. The van der Waals surface area contributed by atoms with Crippen molar-refractivity contribution in [1.82, 2.24) is 4.90 Å². The Morgan fingerprint density at radius 2 is 2.32 bits per heavy atom. The number of amides is 2. The first-order valence-corrected chi connectivity index (χ1v) is 7.17. The van der Waals surface area contributed by atoms with Crippen LogP contribution in [0.5, 0.6) is 5.75 Å². The van der Waals surface area contributed by atoms with Gasteiger partial charge in [-0.15, -0.1) is 11.8 Å². The molecule has 2 atom stereocenters. The number of rotatable bonds is 0. The Hall–Kier alpha value is -1.47. The summed E-state index contributed by atoms with van der Waals surface area (Å²) in [6.07, 6.45) is 0. The van der Waals surface area contributed by atoms with Crippen LogP contribution in [0.15, 0.2) is 23.1 Å². The van der Waals surface area contributed by atoms with Crippen LogP contribution in [-0.2, 0) is 0 Å². The zero-order valence-corrected chi connectivity index (χ0v) is 11.9. The van der Waals surface area contributed by atoms with Gasteiger partial charge < -0.3 is 15.7 Å². The molecule has 0 aromatic heterocycles. The highest BCUT2D eigenvalue weighted by Gasteiger charge is 2.44. The van der Waals surface area contributed by atoms with Crippen LogP contribution in [0.3, 0.4) is 0 Å². The number of aromatic hydroxyl groups is 1. The summed E-state index contributed by atoms with van der Waals surface area (Å²) >= 11 is 7.07. The van der Waals surface area contributed by atoms with Crippen molar-refractivity contribution < 1.29 is 9.90 Å². The number of primary amides is 1. The summed E-state index contributed by atoms with van der Waals surface area (Å²) in [7, 11) is 0. The molecular weight excluding hydrogens is 282 g/mol. The summed E-state index contributed by atoms with van der Waals surface area (Å²) in [4.78, 5) is 15.8. The van der Waals surface area contributed by atoms with Crippen molar-refractivity contribution >= 4 is 40.8 Å². The Morgan fingerprint density at radius 3 is 3.00 bits per heavy atom. The van der Waals surface area contributed by atoms with Gasteiger partial charge >= 0.3 is 6.03 Å². The van der Waals surface area contributed by atoms with Crippen molar-refractivity contribution in [2.24, 2.45) is 5.73 Å². The van der Waals surface area contributed by atoms with E-state index in [9.17, 15) is 9.90 Å². The molecule has 1 aromatic rings. The van der Waals surface area contributed by atoms with Gasteiger partial charge in [0.25, 0.3) is 0 Å². The van der Waals surface area contributed by atoms with Crippen LogP contribution in [0.1, 0.15) is 6.92 Å². The van der Waals surface area contributed by atoms with Gasteiger partial charge in [0.1, 0.15) is 5.75 Å². The minimum absolute atomic E-state index is 0.0966. The average Bonchev–Trinajstić information content (AvgIpc) is 2.69. The summed E-state index contributed by atoms with van der Waals surface area (Å²) in [5.41, 5.74) is 6.20. The summed E-state index contributed by atoms with van der Waals surface area (Å²) in [5, 5.41) is 10.4. The van der Waals surface area contributed by atoms with Gasteiger partial charge in [-0.1, -0.05) is 6.92 Å². The van der Waals surface area contributed by atoms with Crippen LogP contribution in [-0.4, -0.2) is 39.0 Å². The van der Waals surface area contributed by atoms with E-state index in [1.54, 1.807) is 23.9 Å². The van der Waals surface area contributed by atoms with Crippen LogP contribution in [0.25, 0.3) is 0 Å². The lowest BCUT2D eigenvalue weighted by Gasteiger charge is -2.35. The first-order valence-electron chi connectivity index (χ1n) is 5.89. The molecule has 2 unspecified atom stereocenters. The molecule has 2 aliphatic heterocycles. The van der Waals surface area contributed by atoms with E-state index in [4.69, 9.17) is 18.0 Å². The van der Waals surface area contributed by atoms with E-state index in [0.717, 1.165) is 10.6 Å². The first kappa shape index (κ1) is 12.6. The quantitative estimate of drug-likeness (QED) is 0.714. The molecular formula is C12H13N3O2S2. The average molecular weight is 295 g/mol. The molecule has 0 radical (unpaired) electrons. The Balaban J connectivity index is 2.09. The van der Waals surface area contributed by atoms with Gasteiger partial charge in [0, 0.05) is 16.2 Å². The molecule has 1 fully saturated rings. The zero-order valence-electron chi connectivity index (χ0n) is 10.2. The number of anilines is 1. The van der Waals surface area contributed by atoms with Gasteiger partial charge in [0.2, 0.25) is 0 Å². The highest BCUT2D eigenvalue weighted by molar-refractivity contribution is 8.00. The molecule has 0 spiro atoms. The SMILES string of the molecule is CC1Sc2ccc(O)cc2N2C(=S)N(C(N)=O)CC12. The van der Waals surface area contributed by atoms with E-state index in [1.807, 2.05) is 11.0 Å². The second-order valence-electron chi connectivity index (χ2n) is 4.64. The van der Waals surface area contributed by atoms with Crippen molar-refractivity contribution in [3.63, 3.8) is 0 Å². The Labute approximate surface area is 120 Å². The van der Waals surface area contributed by atoms with Crippen LogP contribution < -0.4 is 10.6 Å². The maximum absolute atomic E-state index is 11.4. The van der Waals surface area contributed by atoms with Crippen molar-refractivity contribution in [2.75, 3.05) is 11.4 Å². The number of phenols is 1. The second-order valence-corrected chi connectivity index (χ2v) is 6.43. The number of benzene rings is 1. The number of hydrogen-bond acceptors (Lipinski definition) is 4. The highest BCUT2D eigenvalue weighted by atomic mass is 32.2. The third-order valence-electron chi connectivity index (χ3n) is 3.46. The summed E-state index contributed by atoms with van der Waals surface area (Å²) in [6, 6.07) is 4.78. The molecule has 19 heavy (non-hydrogen) atoms. The smallest absolute Gasteiger partial charge is 0.321 e. The summed E-state index contributed by atoms with van der Waals surface area (Å²) in [5.74, 6) is 0.188. The number of fused-ring (bicyclic) bond motifs is 3. The zero-order chi connectivity index (χ0) is 13.7. The standard InChI is InChI=1S/C12H13N3O2S2/c1-6-9-5-14(11(13)17)12(18)15(9)8-4-7(16)2-3-10(8)19-6/h2-4,6,9,16H,5H2,1H3,(H2,13,17). The number of carbonyl (C=O) groups excluding carboxylic acids is 1. The predicted octanol–water partition coefficient (Wildman–Crippen LogP) is 1.74. The molecule has 100 valence electrons. The predicted molar refractivity (Wildman–Crippen MR) is 78.6 cm³/mol. The maximum Gasteiger partial charge on any atom is 0.321 e. The Bertz CT molecular complexity index is 578. The molecule has 0 saturated carbocycles. The molecule has 2 aliphatic rings. The molecule has 0 aliphatic carbocycles. The van der Waals surface area contributed by atoms with E-state index < -0.39 is 6.03 Å². The van der Waals surface area contributed by atoms with Gasteiger partial charge in [-0.25, -0.2) is 4.79 Å². The number of thioether (sulfide) groups is 1. The van der Waals surface area contributed by atoms with E-state index >= 15 is 0 Å². The molecule has 3 N–H and O–H groups in total. The molecule has 2 amide bonds. The lowest BCUT2D eigenvalue weighted by atomic mass is 10.1. The van der Waals surface area contributed by atoms with Crippen molar-refractivity contribution in [3.05, 3.63) is 18.2 Å². The minimum atomic E-state index is -0.529. The van der Waals surface area contributed by atoms with Crippen LogP contribution in [0, 0.1) is 0 Å². The van der Waals surface area contributed by atoms with E-state index in [0.29, 0.717) is 16.9 Å². The van der Waals surface area contributed by atoms with Gasteiger partial charge in [0.15, 0.2) is 5.11 Å². The molecule has 5 nitrogen and oxygen atoms in total. The number of nitrogens with zero attached hydrogens (tertiary/aromatic N) is 2. The fourth-order valence-electron chi connectivity index (χ4n) is 2.52. The highest BCUT2D eigenvalue weighted by Crippen LogP contribution is 2.45. The lowest BCUT2D eigenvalue weighted by Crippen LogP contribution is -2.43. The number of thiocarbonyl (C=S) groups is 1. The molecule has 1 aromatic carbocycles. The molecule has 1 saturated heterocycles. The normalized spacial score (nSPS) is 25.2. The Morgan fingerprint density at radius 1 is 1.58 bits per heavy atom. The molecule has 7 heteroatoms. The van der Waals surface area contributed by atoms with Crippen LogP contribution in [0.2, 0.25) is 0 Å². The largest absolute Gasteiger partial charge is 0.508 e. The molecule has 0 bridgehead atoms. The van der Waals surface area contributed by atoms with Crippen molar-refractivity contribution in [2.45, 2.75) is 23.1 Å². The maximum atomic E-state index is 11.4. The van der Waals surface area contributed by atoms with Gasteiger partial charge in [-0.05, 0) is 24.4 Å². The van der Waals surface area contributed by atoms with Crippen molar-refractivity contribution in [3.8, 4) is 5.75 Å². The number of hydrogen-bond donors (Lipinski definition) is 2. The molecule has 3 rings (SSSR count). The van der Waals surface area contributed by atoms with E-state index in [1.165, 1.54) is 4.90 Å². The van der Waals surface area contributed by atoms with Gasteiger partial charge in [-0.2, -0.15) is 0 Å². The van der Waals surface area contributed by atoms with Gasteiger partial charge in [0.05, 0.1) is 18.3 Å². The number of phenolic OH excluding ortho intramolecular Hbond substituents is 1. The fraction of sp³-hybridized carbons (Fsp3) is 0.333. The second kappa shape index (κ2) is 4.28. The number of nitrogens with two attached hydrogens (primary N) is 1.